The molecule has 1 aliphatic rings. The molecule has 0 spiro atoms. The van der Waals surface area contributed by atoms with E-state index in [1.807, 2.05) is 0 Å². The molecule has 0 aromatic heterocycles. The van der Waals surface area contributed by atoms with Gasteiger partial charge in [0, 0.05) is 12.1 Å². The lowest BCUT2D eigenvalue weighted by Gasteiger charge is -2.32. The van der Waals surface area contributed by atoms with E-state index in [1.54, 1.807) is 0 Å². The Morgan fingerprint density at radius 1 is 1.22 bits per heavy atom. The SMILES string of the molecule is C=C(CNC(C)(C)C)COC1CCC(C)C(C)C1. The fourth-order valence-corrected chi connectivity index (χ4v) is 2.33. The van der Waals surface area contributed by atoms with Gasteiger partial charge >= 0.3 is 0 Å². The van der Waals surface area contributed by atoms with Crippen molar-refractivity contribution in [2.45, 2.75) is 65.5 Å². The van der Waals surface area contributed by atoms with E-state index in [9.17, 15) is 0 Å². The molecule has 0 amide bonds. The third kappa shape index (κ3) is 6.01. The smallest absolute Gasteiger partial charge is 0.0690 e. The van der Waals surface area contributed by atoms with Crippen LogP contribution in [0.3, 0.4) is 0 Å². The van der Waals surface area contributed by atoms with Crippen molar-refractivity contribution in [2.24, 2.45) is 11.8 Å². The molecule has 0 aromatic rings. The van der Waals surface area contributed by atoms with Crippen LogP contribution in [-0.4, -0.2) is 24.8 Å². The van der Waals surface area contributed by atoms with Crippen molar-refractivity contribution < 1.29 is 4.74 Å². The molecule has 18 heavy (non-hydrogen) atoms. The highest BCUT2D eigenvalue weighted by Gasteiger charge is 2.24. The Balaban J connectivity index is 2.19. The molecule has 2 heteroatoms. The first kappa shape index (κ1) is 15.7. The molecule has 0 radical (unpaired) electrons. The molecule has 1 aliphatic carbocycles. The minimum atomic E-state index is 0.151. The summed E-state index contributed by atoms with van der Waals surface area (Å²) in [5.74, 6) is 1.65. The molecule has 3 atom stereocenters. The van der Waals surface area contributed by atoms with Gasteiger partial charge in [-0.25, -0.2) is 0 Å². The highest BCUT2D eigenvalue weighted by molar-refractivity contribution is 4.98. The molecule has 0 bridgehead atoms. The van der Waals surface area contributed by atoms with Crippen LogP contribution in [0, 0.1) is 11.8 Å². The summed E-state index contributed by atoms with van der Waals surface area (Å²) in [4.78, 5) is 0. The van der Waals surface area contributed by atoms with Gasteiger partial charge in [0.05, 0.1) is 12.7 Å². The van der Waals surface area contributed by atoms with Crippen LogP contribution in [0.1, 0.15) is 53.9 Å². The van der Waals surface area contributed by atoms with Gasteiger partial charge < -0.3 is 10.1 Å². The van der Waals surface area contributed by atoms with Gasteiger partial charge in [-0.3, -0.25) is 0 Å². The van der Waals surface area contributed by atoms with Crippen LogP contribution in [0.5, 0.6) is 0 Å². The molecule has 1 saturated carbocycles. The van der Waals surface area contributed by atoms with E-state index in [1.165, 1.54) is 19.3 Å². The maximum Gasteiger partial charge on any atom is 0.0690 e. The molecule has 1 N–H and O–H groups in total. The van der Waals surface area contributed by atoms with E-state index >= 15 is 0 Å². The molecular weight excluding hydrogens is 222 g/mol. The predicted octanol–water partition coefficient (Wildman–Crippen LogP) is 3.77. The van der Waals surface area contributed by atoms with Crippen molar-refractivity contribution in [1.29, 1.82) is 0 Å². The van der Waals surface area contributed by atoms with Gasteiger partial charge in [-0.15, -0.1) is 0 Å². The summed E-state index contributed by atoms with van der Waals surface area (Å²) in [5, 5.41) is 3.45. The van der Waals surface area contributed by atoms with Gasteiger partial charge in [0.2, 0.25) is 0 Å². The zero-order chi connectivity index (χ0) is 13.8. The van der Waals surface area contributed by atoms with Gasteiger partial charge in [-0.05, 0) is 57.4 Å². The fraction of sp³-hybridized carbons (Fsp3) is 0.875. The van der Waals surface area contributed by atoms with Crippen molar-refractivity contribution in [1.82, 2.24) is 5.32 Å². The first-order valence-corrected chi connectivity index (χ1v) is 7.31. The monoisotopic (exact) mass is 253 g/mol. The van der Waals surface area contributed by atoms with E-state index in [0.29, 0.717) is 12.7 Å². The summed E-state index contributed by atoms with van der Waals surface area (Å²) in [6.45, 7) is 16.9. The van der Waals surface area contributed by atoms with Crippen molar-refractivity contribution in [3.63, 3.8) is 0 Å². The molecule has 0 aliphatic heterocycles. The first-order chi connectivity index (χ1) is 8.28. The Morgan fingerprint density at radius 2 is 1.89 bits per heavy atom. The zero-order valence-corrected chi connectivity index (χ0v) is 12.9. The van der Waals surface area contributed by atoms with Crippen LogP contribution in [0.2, 0.25) is 0 Å². The normalized spacial score (nSPS) is 29.3. The quantitative estimate of drug-likeness (QED) is 0.753. The Labute approximate surface area is 113 Å². The summed E-state index contributed by atoms with van der Waals surface area (Å²) in [6.07, 6.45) is 4.17. The van der Waals surface area contributed by atoms with E-state index in [4.69, 9.17) is 4.74 Å². The van der Waals surface area contributed by atoms with E-state index < -0.39 is 0 Å². The summed E-state index contributed by atoms with van der Waals surface area (Å²) in [5.41, 5.74) is 1.30. The average molecular weight is 253 g/mol. The number of rotatable bonds is 5. The molecule has 0 heterocycles. The minimum Gasteiger partial charge on any atom is -0.374 e. The largest absolute Gasteiger partial charge is 0.374 e. The van der Waals surface area contributed by atoms with Gasteiger partial charge in [0.15, 0.2) is 0 Å². The maximum atomic E-state index is 5.99. The van der Waals surface area contributed by atoms with Crippen molar-refractivity contribution >= 4 is 0 Å². The molecule has 0 saturated heterocycles. The highest BCUT2D eigenvalue weighted by atomic mass is 16.5. The highest BCUT2D eigenvalue weighted by Crippen LogP contribution is 2.30. The second-order valence-electron chi connectivity index (χ2n) is 7.05. The number of hydrogen-bond acceptors (Lipinski definition) is 2. The third-order valence-electron chi connectivity index (χ3n) is 3.94. The Kier molecular flexibility index (Phi) is 5.87. The summed E-state index contributed by atoms with van der Waals surface area (Å²) in [6, 6.07) is 0. The standard InChI is InChI=1S/C16H31NO/c1-12(10-17-16(4,5)6)11-18-15-8-7-13(2)14(3)9-15/h13-15,17H,1,7-11H2,2-6H3. The molecule has 3 unspecified atom stereocenters. The zero-order valence-electron chi connectivity index (χ0n) is 12.9. The summed E-state index contributed by atoms with van der Waals surface area (Å²) in [7, 11) is 0. The number of nitrogens with one attached hydrogen (secondary N) is 1. The average Bonchev–Trinajstić information content (AvgIpc) is 2.27. The molecule has 2 nitrogen and oxygen atoms in total. The maximum absolute atomic E-state index is 5.99. The van der Waals surface area contributed by atoms with Crippen LogP contribution in [0.15, 0.2) is 12.2 Å². The van der Waals surface area contributed by atoms with Crippen molar-refractivity contribution in [3.8, 4) is 0 Å². The van der Waals surface area contributed by atoms with Crippen LogP contribution < -0.4 is 5.32 Å². The summed E-state index contributed by atoms with van der Waals surface area (Å²) >= 11 is 0. The Morgan fingerprint density at radius 3 is 2.44 bits per heavy atom. The van der Waals surface area contributed by atoms with Crippen LogP contribution in [-0.2, 0) is 4.74 Å². The minimum absolute atomic E-state index is 0.151. The van der Waals surface area contributed by atoms with Crippen molar-refractivity contribution in [3.05, 3.63) is 12.2 Å². The topological polar surface area (TPSA) is 21.3 Å². The van der Waals surface area contributed by atoms with Crippen LogP contribution in [0.4, 0.5) is 0 Å². The van der Waals surface area contributed by atoms with E-state index in [2.05, 4.69) is 46.5 Å². The lowest BCUT2D eigenvalue weighted by Crippen LogP contribution is -2.37. The van der Waals surface area contributed by atoms with Gasteiger partial charge in [0.25, 0.3) is 0 Å². The van der Waals surface area contributed by atoms with Gasteiger partial charge in [-0.1, -0.05) is 20.4 Å². The van der Waals surface area contributed by atoms with Crippen molar-refractivity contribution in [2.75, 3.05) is 13.2 Å². The summed E-state index contributed by atoms with van der Waals surface area (Å²) < 4.78 is 5.99. The second kappa shape index (κ2) is 6.72. The molecule has 106 valence electrons. The number of ether oxygens (including phenoxy) is 1. The lowest BCUT2D eigenvalue weighted by molar-refractivity contribution is 0.0136. The lowest BCUT2D eigenvalue weighted by atomic mass is 9.80. The van der Waals surface area contributed by atoms with E-state index in [-0.39, 0.29) is 5.54 Å². The second-order valence-corrected chi connectivity index (χ2v) is 7.05. The van der Waals surface area contributed by atoms with Gasteiger partial charge in [-0.2, -0.15) is 0 Å². The van der Waals surface area contributed by atoms with E-state index in [0.717, 1.165) is 24.0 Å². The Hall–Kier alpha value is -0.340. The molecule has 1 rings (SSSR count). The first-order valence-electron chi connectivity index (χ1n) is 7.31. The Bertz CT molecular complexity index is 267. The fourth-order valence-electron chi connectivity index (χ4n) is 2.33. The predicted molar refractivity (Wildman–Crippen MR) is 78.8 cm³/mol. The van der Waals surface area contributed by atoms with Gasteiger partial charge in [0.1, 0.15) is 0 Å². The van der Waals surface area contributed by atoms with Crippen LogP contribution >= 0.6 is 0 Å². The molecule has 1 fully saturated rings. The third-order valence-corrected chi connectivity index (χ3v) is 3.94. The molecular formula is C16H31NO. The number of hydrogen-bond donors (Lipinski definition) is 1. The van der Waals surface area contributed by atoms with Crippen LogP contribution in [0.25, 0.3) is 0 Å². The molecule has 0 aromatic carbocycles.